The molecule has 2 amide bonds. The number of amides is 2. The van der Waals surface area contributed by atoms with Gasteiger partial charge in [-0.15, -0.1) is 0 Å². The molecule has 31 heavy (non-hydrogen) atoms. The molecule has 1 aliphatic heterocycles. The fourth-order valence-corrected chi connectivity index (χ4v) is 3.76. The van der Waals surface area contributed by atoms with Gasteiger partial charge in [-0.1, -0.05) is 24.3 Å². The standard InChI is InChI=1S/C24H31N3O4/c1-17-7-5-6-8-19(17)15-23(28)27-13-11-26(12-14-27)18(2)24(29)25-21-16-20(30-3)9-10-22(21)31-4/h5-10,16,18H,11-15H2,1-4H3,(H,25,29). The average molecular weight is 426 g/mol. The summed E-state index contributed by atoms with van der Waals surface area (Å²) in [4.78, 5) is 29.5. The van der Waals surface area contributed by atoms with Crippen molar-refractivity contribution >= 4 is 17.5 Å². The molecule has 0 bridgehead atoms. The number of carbonyl (C=O) groups excluding carboxylic acids is 2. The molecule has 1 fully saturated rings. The van der Waals surface area contributed by atoms with Crippen molar-refractivity contribution in [2.75, 3.05) is 45.7 Å². The number of aryl methyl sites for hydroxylation is 1. The minimum absolute atomic E-state index is 0.119. The minimum atomic E-state index is -0.329. The van der Waals surface area contributed by atoms with Gasteiger partial charge < -0.3 is 19.7 Å². The van der Waals surface area contributed by atoms with E-state index in [1.54, 1.807) is 32.4 Å². The third-order valence-corrected chi connectivity index (χ3v) is 5.86. The lowest BCUT2D eigenvalue weighted by Crippen LogP contribution is -2.54. The van der Waals surface area contributed by atoms with Gasteiger partial charge in [-0.3, -0.25) is 14.5 Å². The molecule has 1 unspecified atom stereocenters. The highest BCUT2D eigenvalue weighted by atomic mass is 16.5. The van der Waals surface area contributed by atoms with E-state index in [9.17, 15) is 9.59 Å². The van der Waals surface area contributed by atoms with Crippen LogP contribution >= 0.6 is 0 Å². The van der Waals surface area contributed by atoms with Gasteiger partial charge in [-0.2, -0.15) is 0 Å². The van der Waals surface area contributed by atoms with Crippen LogP contribution in [0.2, 0.25) is 0 Å². The highest BCUT2D eigenvalue weighted by molar-refractivity contribution is 5.96. The van der Waals surface area contributed by atoms with Crippen molar-refractivity contribution in [3.05, 3.63) is 53.6 Å². The Morgan fingerprint density at radius 1 is 1.03 bits per heavy atom. The molecule has 2 aromatic rings. The van der Waals surface area contributed by atoms with Crippen molar-refractivity contribution in [3.63, 3.8) is 0 Å². The van der Waals surface area contributed by atoms with Gasteiger partial charge in [-0.05, 0) is 37.1 Å². The normalized spacial score (nSPS) is 15.3. The van der Waals surface area contributed by atoms with Gasteiger partial charge >= 0.3 is 0 Å². The van der Waals surface area contributed by atoms with Crippen LogP contribution in [0.25, 0.3) is 0 Å². The molecule has 0 spiro atoms. The number of anilines is 1. The van der Waals surface area contributed by atoms with E-state index in [4.69, 9.17) is 9.47 Å². The van der Waals surface area contributed by atoms with Gasteiger partial charge in [0.2, 0.25) is 11.8 Å². The van der Waals surface area contributed by atoms with Crippen LogP contribution in [-0.2, 0) is 16.0 Å². The number of carbonyl (C=O) groups is 2. The van der Waals surface area contributed by atoms with E-state index in [0.29, 0.717) is 49.8 Å². The van der Waals surface area contributed by atoms with Crippen molar-refractivity contribution in [2.24, 2.45) is 0 Å². The second-order valence-corrected chi connectivity index (χ2v) is 7.75. The van der Waals surface area contributed by atoms with Crippen LogP contribution < -0.4 is 14.8 Å². The maximum absolute atomic E-state index is 12.8. The first kappa shape index (κ1) is 22.6. The second kappa shape index (κ2) is 10.3. The first-order valence-corrected chi connectivity index (χ1v) is 10.5. The van der Waals surface area contributed by atoms with Gasteiger partial charge in [0.25, 0.3) is 0 Å². The summed E-state index contributed by atoms with van der Waals surface area (Å²) in [5, 5.41) is 2.94. The quantitative estimate of drug-likeness (QED) is 0.739. The van der Waals surface area contributed by atoms with Crippen molar-refractivity contribution in [3.8, 4) is 11.5 Å². The fourth-order valence-electron chi connectivity index (χ4n) is 3.76. The summed E-state index contributed by atoms with van der Waals surface area (Å²) in [6, 6.07) is 12.9. The van der Waals surface area contributed by atoms with E-state index in [1.165, 1.54) is 0 Å². The van der Waals surface area contributed by atoms with Crippen molar-refractivity contribution in [1.82, 2.24) is 9.80 Å². The Morgan fingerprint density at radius 2 is 1.74 bits per heavy atom. The van der Waals surface area contributed by atoms with Gasteiger partial charge in [0.15, 0.2) is 0 Å². The average Bonchev–Trinajstić information content (AvgIpc) is 2.80. The number of nitrogens with one attached hydrogen (secondary N) is 1. The molecule has 0 aromatic heterocycles. The SMILES string of the molecule is COc1ccc(OC)c(NC(=O)C(C)N2CCN(C(=O)Cc3ccccc3C)CC2)c1. The number of hydrogen-bond donors (Lipinski definition) is 1. The molecule has 1 saturated heterocycles. The molecular formula is C24H31N3O4. The Hall–Kier alpha value is -3.06. The van der Waals surface area contributed by atoms with Gasteiger partial charge in [0.1, 0.15) is 11.5 Å². The lowest BCUT2D eigenvalue weighted by atomic mass is 10.0. The van der Waals surface area contributed by atoms with Gasteiger partial charge in [-0.25, -0.2) is 0 Å². The summed E-state index contributed by atoms with van der Waals surface area (Å²) in [7, 11) is 3.14. The zero-order valence-electron chi connectivity index (χ0n) is 18.7. The summed E-state index contributed by atoms with van der Waals surface area (Å²) < 4.78 is 10.6. The van der Waals surface area contributed by atoms with Crippen LogP contribution in [0.4, 0.5) is 5.69 Å². The summed E-state index contributed by atoms with van der Waals surface area (Å²) in [5.74, 6) is 1.23. The minimum Gasteiger partial charge on any atom is -0.497 e. The Kier molecular flexibility index (Phi) is 7.52. The smallest absolute Gasteiger partial charge is 0.241 e. The van der Waals surface area contributed by atoms with Crippen molar-refractivity contribution in [2.45, 2.75) is 26.3 Å². The molecule has 7 nitrogen and oxygen atoms in total. The third-order valence-electron chi connectivity index (χ3n) is 5.86. The second-order valence-electron chi connectivity index (χ2n) is 7.75. The molecular weight excluding hydrogens is 394 g/mol. The van der Waals surface area contributed by atoms with E-state index < -0.39 is 0 Å². The Labute approximate surface area is 183 Å². The highest BCUT2D eigenvalue weighted by Crippen LogP contribution is 2.29. The number of rotatable bonds is 7. The maximum Gasteiger partial charge on any atom is 0.241 e. The zero-order valence-corrected chi connectivity index (χ0v) is 18.7. The summed E-state index contributed by atoms with van der Waals surface area (Å²) in [6.07, 6.45) is 0.415. The molecule has 7 heteroatoms. The predicted octanol–water partition coefficient (Wildman–Crippen LogP) is 2.73. The number of hydrogen-bond acceptors (Lipinski definition) is 5. The number of piperazine rings is 1. The molecule has 0 aliphatic carbocycles. The van der Waals surface area contributed by atoms with E-state index in [1.807, 2.05) is 43.0 Å². The summed E-state index contributed by atoms with van der Waals surface area (Å²) in [6.45, 7) is 6.45. The van der Waals surface area contributed by atoms with E-state index in [2.05, 4.69) is 10.2 Å². The third kappa shape index (κ3) is 5.55. The Bertz CT molecular complexity index is 923. The van der Waals surface area contributed by atoms with Crippen molar-refractivity contribution in [1.29, 1.82) is 0 Å². The molecule has 0 saturated carbocycles. The fraction of sp³-hybridized carbons (Fsp3) is 0.417. The first-order chi connectivity index (χ1) is 14.9. The van der Waals surface area contributed by atoms with E-state index in [0.717, 1.165) is 11.1 Å². The highest BCUT2D eigenvalue weighted by Gasteiger charge is 2.28. The van der Waals surface area contributed by atoms with Gasteiger partial charge in [0.05, 0.1) is 32.4 Å². The lowest BCUT2D eigenvalue weighted by molar-refractivity contribution is -0.133. The number of benzene rings is 2. The van der Waals surface area contributed by atoms with Crippen LogP contribution in [0.3, 0.4) is 0 Å². The molecule has 166 valence electrons. The molecule has 1 heterocycles. The van der Waals surface area contributed by atoms with Gasteiger partial charge in [0, 0.05) is 32.2 Å². The van der Waals surface area contributed by atoms with Crippen molar-refractivity contribution < 1.29 is 19.1 Å². The Morgan fingerprint density at radius 3 is 2.39 bits per heavy atom. The molecule has 2 aromatic carbocycles. The summed E-state index contributed by atoms with van der Waals surface area (Å²) >= 11 is 0. The van der Waals surface area contributed by atoms with Crippen LogP contribution in [0.5, 0.6) is 11.5 Å². The molecule has 1 aliphatic rings. The monoisotopic (exact) mass is 425 g/mol. The number of nitrogens with zero attached hydrogens (tertiary/aromatic N) is 2. The van der Waals surface area contributed by atoms with E-state index in [-0.39, 0.29) is 17.9 Å². The maximum atomic E-state index is 12.8. The Balaban J connectivity index is 1.55. The number of methoxy groups -OCH3 is 2. The van der Waals surface area contributed by atoms with Crippen LogP contribution in [0.1, 0.15) is 18.1 Å². The predicted molar refractivity (Wildman–Crippen MR) is 121 cm³/mol. The number of ether oxygens (including phenoxy) is 2. The summed E-state index contributed by atoms with van der Waals surface area (Å²) in [5.41, 5.74) is 2.77. The molecule has 1 atom stereocenters. The van der Waals surface area contributed by atoms with Crippen LogP contribution in [-0.4, -0.2) is 68.1 Å². The molecule has 1 N–H and O–H groups in total. The first-order valence-electron chi connectivity index (χ1n) is 10.5. The lowest BCUT2D eigenvalue weighted by Gasteiger charge is -2.37. The van der Waals surface area contributed by atoms with Crippen LogP contribution in [0.15, 0.2) is 42.5 Å². The topological polar surface area (TPSA) is 71.1 Å². The van der Waals surface area contributed by atoms with Crippen LogP contribution in [0, 0.1) is 6.92 Å². The zero-order chi connectivity index (χ0) is 22.4. The molecule has 0 radical (unpaired) electrons. The molecule has 3 rings (SSSR count). The largest absolute Gasteiger partial charge is 0.497 e. The van der Waals surface area contributed by atoms with E-state index >= 15 is 0 Å².